The number of aryl methyl sites for hydroxylation is 2. The third kappa shape index (κ3) is 2.74. The van der Waals surface area contributed by atoms with Gasteiger partial charge in [-0.3, -0.25) is 9.48 Å². The third-order valence-corrected chi connectivity index (χ3v) is 5.67. The predicted octanol–water partition coefficient (Wildman–Crippen LogP) is 2.68. The number of carbonyl (C=O) groups is 1. The topological polar surface area (TPSA) is 63.9 Å². The van der Waals surface area contributed by atoms with Crippen molar-refractivity contribution in [3.8, 4) is 0 Å². The van der Waals surface area contributed by atoms with Crippen molar-refractivity contribution in [3.05, 3.63) is 62.9 Å². The average molecular weight is 353 g/mol. The molecule has 0 aliphatic carbocycles. The quantitative estimate of drug-likeness (QED) is 0.710. The van der Waals surface area contributed by atoms with E-state index in [1.807, 2.05) is 35.8 Å². The van der Waals surface area contributed by atoms with Gasteiger partial charge in [0.15, 0.2) is 0 Å². The number of rotatable bonds is 2. The molecule has 0 N–H and O–H groups in total. The van der Waals surface area contributed by atoms with E-state index in [9.17, 15) is 4.79 Å². The second-order valence-electron chi connectivity index (χ2n) is 6.37. The zero-order chi connectivity index (χ0) is 17.6. The number of nitrogens with zero attached hydrogens (tertiary/aromatic N) is 5. The van der Waals surface area contributed by atoms with E-state index in [-0.39, 0.29) is 11.8 Å². The van der Waals surface area contributed by atoms with Gasteiger partial charge < -0.3 is 4.90 Å². The molecule has 6 nitrogen and oxygen atoms in total. The molecule has 1 aromatic carbocycles. The van der Waals surface area contributed by atoms with Crippen LogP contribution in [0.5, 0.6) is 0 Å². The Morgan fingerprint density at radius 2 is 2.00 bits per heavy atom. The summed E-state index contributed by atoms with van der Waals surface area (Å²) in [6.07, 6.45) is 1.92. The predicted molar refractivity (Wildman–Crippen MR) is 95.6 cm³/mol. The van der Waals surface area contributed by atoms with E-state index >= 15 is 0 Å². The number of aromatic nitrogens is 4. The van der Waals surface area contributed by atoms with Gasteiger partial charge in [0.25, 0.3) is 5.91 Å². The van der Waals surface area contributed by atoms with E-state index in [1.165, 1.54) is 28.0 Å². The molecule has 4 rings (SSSR count). The standard InChI is InChI=1S/C18H19N5OS/c1-11-15(8-19-22(11)3)16-10-23(9-13-6-4-5-7-14(13)16)18(24)17-21-20-12(2)25-17/h4-8,16H,9-10H2,1-3H3. The summed E-state index contributed by atoms with van der Waals surface area (Å²) < 4.78 is 1.88. The summed E-state index contributed by atoms with van der Waals surface area (Å²) in [4.78, 5) is 14.8. The first kappa shape index (κ1) is 16.0. The zero-order valence-corrected chi connectivity index (χ0v) is 15.2. The minimum Gasteiger partial charge on any atom is -0.331 e. The van der Waals surface area contributed by atoms with Crippen LogP contribution in [0.3, 0.4) is 0 Å². The lowest BCUT2D eigenvalue weighted by Crippen LogP contribution is -2.38. The number of carbonyl (C=O) groups excluding carboxylic acids is 1. The first-order valence-corrected chi connectivity index (χ1v) is 9.02. The lowest BCUT2D eigenvalue weighted by atomic mass is 9.85. The van der Waals surface area contributed by atoms with Gasteiger partial charge in [0, 0.05) is 37.3 Å². The summed E-state index contributed by atoms with van der Waals surface area (Å²) in [6, 6.07) is 8.33. The summed E-state index contributed by atoms with van der Waals surface area (Å²) in [5, 5.41) is 13.7. The Bertz CT molecular complexity index is 945. The molecule has 1 aliphatic heterocycles. The molecule has 0 saturated heterocycles. The lowest BCUT2D eigenvalue weighted by Gasteiger charge is -2.34. The van der Waals surface area contributed by atoms with Crippen LogP contribution in [0, 0.1) is 13.8 Å². The van der Waals surface area contributed by atoms with Gasteiger partial charge in [-0.2, -0.15) is 5.10 Å². The maximum Gasteiger partial charge on any atom is 0.285 e. The fourth-order valence-electron chi connectivity index (χ4n) is 3.40. The highest BCUT2D eigenvalue weighted by Crippen LogP contribution is 2.35. The van der Waals surface area contributed by atoms with E-state index < -0.39 is 0 Å². The van der Waals surface area contributed by atoms with Gasteiger partial charge in [0.05, 0.1) is 6.20 Å². The molecular formula is C18H19N5OS. The SMILES string of the molecule is Cc1nnc(C(=O)N2Cc3ccccc3C(c3cnn(C)c3C)C2)s1. The Morgan fingerprint density at radius 3 is 2.68 bits per heavy atom. The van der Waals surface area contributed by atoms with Crippen molar-refractivity contribution in [3.63, 3.8) is 0 Å². The fourth-order valence-corrected chi connectivity index (χ4v) is 4.06. The van der Waals surface area contributed by atoms with Gasteiger partial charge in [-0.25, -0.2) is 0 Å². The van der Waals surface area contributed by atoms with E-state index in [0.29, 0.717) is 18.1 Å². The fraction of sp³-hybridized carbons (Fsp3) is 0.333. The van der Waals surface area contributed by atoms with Gasteiger partial charge in [-0.05, 0) is 25.0 Å². The smallest absolute Gasteiger partial charge is 0.285 e. The Hall–Kier alpha value is -2.54. The van der Waals surface area contributed by atoms with Crippen LogP contribution in [-0.4, -0.2) is 37.3 Å². The maximum absolute atomic E-state index is 12.9. The van der Waals surface area contributed by atoms with E-state index in [2.05, 4.69) is 40.4 Å². The average Bonchev–Trinajstić information content (AvgIpc) is 3.20. The van der Waals surface area contributed by atoms with Crippen molar-refractivity contribution in [1.29, 1.82) is 0 Å². The summed E-state index contributed by atoms with van der Waals surface area (Å²) in [5.74, 6) is 0.0725. The third-order valence-electron chi connectivity index (χ3n) is 4.84. The summed E-state index contributed by atoms with van der Waals surface area (Å²) >= 11 is 1.35. The Morgan fingerprint density at radius 1 is 1.20 bits per heavy atom. The molecule has 1 aliphatic rings. The summed E-state index contributed by atoms with van der Waals surface area (Å²) in [6.45, 7) is 5.16. The van der Waals surface area contributed by atoms with Crippen molar-refractivity contribution in [2.45, 2.75) is 26.3 Å². The van der Waals surface area contributed by atoms with Gasteiger partial charge in [0.2, 0.25) is 5.01 Å². The molecule has 3 aromatic rings. The van der Waals surface area contributed by atoms with Crippen LogP contribution in [0.4, 0.5) is 0 Å². The number of benzene rings is 1. The van der Waals surface area contributed by atoms with Crippen molar-refractivity contribution < 1.29 is 4.79 Å². The van der Waals surface area contributed by atoms with Crippen LogP contribution < -0.4 is 0 Å². The second kappa shape index (κ2) is 6.07. The normalized spacial score (nSPS) is 16.8. The van der Waals surface area contributed by atoms with Crippen LogP contribution >= 0.6 is 11.3 Å². The van der Waals surface area contributed by atoms with Crippen molar-refractivity contribution in [2.75, 3.05) is 6.54 Å². The van der Waals surface area contributed by atoms with Crippen LogP contribution in [0.1, 0.15) is 43.1 Å². The molecule has 0 saturated carbocycles. The molecular weight excluding hydrogens is 334 g/mol. The monoisotopic (exact) mass is 353 g/mol. The molecule has 2 aromatic heterocycles. The van der Waals surface area contributed by atoms with Crippen molar-refractivity contribution in [2.24, 2.45) is 7.05 Å². The minimum absolute atomic E-state index is 0.0494. The maximum atomic E-state index is 12.9. The Labute approximate surface area is 150 Å². The minimum atomic E-state index is -0.0494. The van der Waals surface area contributed by atoms with Crippen LogP contribution in [-0.2, 0) is 13.6 Å². The molecule has 1 atom stereocenters. The van der Waals surface area contributed by atoms with Gasteiger partial charge in [0.1, 0.15) is 5.01 Å². The first-order valence-electron chi connectivity index (χ1n) is 8.20. The number of fused-ring (bicyclic) bond motifs is 1. The van der Waals surface area contributed by atoms with Crippen LogP contribution in [0.25, 0.3) is 0 Å². The van der Waals surface area contributed by atoms with Crippen molar-refractivity contribution >= 4 is 17.2 Å². The zero-order valence-electron chi connectivity index (χ0n) is 14.4. The van der Waals surface area contributed by atoms with Gasteiger partial charge in [-0.1, -0.05) is 35.6 Å². The molecule has 128 valence electrons. The second-order valence-corrected chi connectivity index (χ2v) is 7.55. The van der Waals surface area contributed by atoms with E-state index in [1.54, 1.807) is 0 Å². The van der Waals surface area contributed by atoms with E-state index in [0.717, 1.165) is 10.7 Å². The largest absolute Gasteiger partial charge is 0.331 e. The number of amides is 1. The number of hydrogen-bond donors (Lipinski definition) is 0. The molecule has 0 fully saturated rings. The van der Waals surface area contributed by atoms with E-state index in [4.69, 9.17) is 0 Å². The molecule has 25 heavy (non-hydrogen) atoms. The van der Waals surface area contributed by atoms with Crippen molar-refractivity contribution in [1.82, 2.24) is 24.9 Å². The molecule has 0 radical (unpaired) electrons. The number of hydrogen-bond acceptors (Lipinski definition) is 5. The molecule has 1 amide bonds. The van der Waals surface area contributed by atoms with Crippen LogP contribution in [0.2, 0.25) is 0 Å². The molecule has 0 spiro atoms. The highest BCUT2D eigenvalue weighted by Gasteiger charge is 2.32. The Kier molecular flexibility index (Phi) is 3.88. The molecule has 0 bridgehead atoms. The highest BCUT2D eigenvalue weighted by atomic mass is 32.1. The first-order chi connectivity index (χ1) is 12.0. The van der Waals surface area contributed by atoms with Crippen LogP contribution in [0.15, 0.2) is 30.5 Å². The summed E-state index contributed by atoms with van der Waals surface area (Å²) in [7, 11) is 1.94. The van der Waals surface area contributed by atoms with Gasteiger partial charge >= 0.3 is 0 Å². The lowest BCUT2D eigenvalue weighted by molar-refractivity contribution is 0.0723. The molecule has 3 heterocycles. The summed E-state index contributed by atoms with van der Waals surface area (Å²) in [5.41, 5.74) is 4.74. The highest BCUT2D eigenvalue weighted by molar-refractivity contribution is 7.13. The van der Waals surface area contributed by atoms with Gasteiger partial charge in [-0.15, -0.1) is 10.2 Å². The molecule has 7 heteroatoms. The Balaban J connectivity index is 1.74. The molecule has 1 unspecified atom stereocenters.